The van der Waals surface area contributed by atoms with E-state index < -0.39 is 23.2 Å². The number of carbonyl (C=O) groups excluding carboxylic acids is 1. The molecule has 5 rings (SSSR count). The molecule has 2 heterocycles. The number of fused-ring (bicyclic) bond motifs is 5. The highest BCUT2D eigenvalue weighted by molar-refractivity contribution is 6.36. The molecule has 3 nitrogen and oxygen atoms in total. The van der Waals surface area contributed by atoms with Gasteiger partial charge in [0.15, 0.2) is 0 Å². The first-order valence-electron chi connectivity index (χ1n) is 11.6. The number of aryl methyl sites for hydroxylation is 1. The van der Waals surface area contributed by atoms with E-state index >= 15 is 0 Å². The highest BCUT2D eigenvalue weighted by Gasteiger charge is 2.71. The van der Waals surface area contributed by atoms with Crippen LogP contribution in [0.2, 0.25) is 10.0 Å². The number of rotatable bonds is 3. The number of hydrogen-bond acceptors (Lipinski definition) is 3. The molecule has 2 aromatic rings. The molecule has 0 spiro atoms. The zero-order chi connectivity index (χ0) is 23.0. The van der Waals surface area contributed by atoms with E-state index in [-0.39, 0.29) is 23.5 Å². The van der Waals surface area contributed by atoms with Gasteiger partial charge in [0.2, 0.25) is 0 Å². The molecular weight excluding hydrogens is 443 g/mol. The molecule has 3 aliphatic rings. The molecule has 1 aliphatic carbocycles. The largest absolute Gasteiger partial charge is 0.392 e. The van der Waals surface area contributed by atoms with Crippen LogP contribution in [0.15, 0.2) is 36.4 Å². The van der Waals surface area contributed by atoms with Gasteiger partial charge in [0.25, 0.3) is 0 Å². The highest BCUT2D eigenvalue weighted by atomic mass is 35.5. The van der Waals surface area contributed by atoms with E-state index in [2.05, 4.69) is 33.8 Å². The SMILES string of the molecule is CCc1ccc(-c2ccc(Cl)cc2Cl)cc1C1C(=O)C2C(C1O)C1(C)CCC(C)C2(C)O1. The van der Waals surface area contributed by atoms with Gasteiger partial charge in [0.05, 0.1) is 29.1 Å². The molecule has 7 atom stereocenters. The minimum Gasteiger partial charge on any atom is -0.392 e. The van der Waals surface area contributed by atoms with Gasteiger partial charge in [-0.3, -0.25) is 4.79 Å². The third-order valence-corrected chi connectivity index (χ3v) is 9.16. The van der Waals surface area contributed by atoms with Crippen molar-refractivity contribution in [1.82, 2.24) is 0 Å². The van der Waals surface area contributed by atoms with Crippen LogP contribution in [-0.4, -0.2) is 28.2 Å². The molecule has 3 fully saturated rings. The van der Waals surface area contributed by atoms with E-state index in [9.17, 15) is 9.90 Å². The van der Waals surface area contributed by atoms with E-state index in [0.717, 1.165) is 41.5 Å². The average Bonchev–Trinajstić information content (AvgIpc) is 3.13. The Labute approximate surface area is 200 Å². The first kappa shape index (κ1) is 22.4. The Bertz CT molecular complexity index is 1100. The predicted molar refractivity (Wildman–Crippen MR) is 128 cm³/mol. The maximum absolute atomic E-state index is 14.0. The van der Waals surface area contributed by atoms with E-state index in [1.807, 2.05) is 24.3 Å². The maximum Gasteiger partial charge on any atom is 0.149 e. The van der Waals surface area contributed by atoms with E-state index in [1.54, 1.807) is 6.07 Å². The Morgan fingerprint density at radius 3 is 2.59 bits per heavy atom. The zero-order valence-electron chi connectivity index (χ0n) is 19.0. The quantitative estimate of drug-likeness (QED) is 0.557. The number of hydrogen-bond donors (Lipinski definition) is 1. The number of aliphatic hydroxyl groups is 1. The van der Waals surface area contributed by atoms with Gasteiger partial charge in [0.1, 0.15) is 5.78 Å². The van der Waals surface area contributed by atoms with Crippen molar-refractivity contribution in [1.29, 1.82) is 0 Å². The molecular formula is C27H30Cl2O3. The van der Waals surface area contributed by atoms with E-state index in [4.69, 9.17) is 27.9 Å². The molecule has 170 valence electrons. The summed E-state index contributed by atoms with van der Waals surface area (Å²) >= 11 is 12.6. The van der Waals surface area contributed by atoms with Crippen molar-refractivity contribution in [2.75, 3.05) is 0 Å². The lowest BCUT2D eigenvalue weighted by atomic mass is 9.75. The fourth-order valence-corrected chi connectivity index (χ4v) is 7.30. The van der Waals surface area contributed by atoms with Gasteiger partial charge in [-0.25, -0.2) is 0 Å². The Balaban J connectivity index is 1.62. The normalized spacial score (nSPS) is 38.2. The number of ketones is 1. The maximum atomic E-state index is 14.0. The summed E-state index contributed by atoms with van der Waals surface area (Å²) in [5, 5.41) is 12.8. The minimum atomic E-state index is -0.758. The Morgan fingerprint density at radius 2 is 1.91 bits per heavy atom. The smallest absolute Gasteiger partial charge is 0.149 e. The van der Waals surface area contributed by atoms with Crippen LogP contribution in [-0.2, 0) is 16.0 Å². The van der Waals surface area contributed by atoms with Crippen LogP contribution in [0.25, 0.3) is 11.1 Å². The molecule has 0 aromatic heterocycles. The molecule has 1 N–H and O–H groups in total. The van der Waals surface area contributed by atoms with Gasteiger partial charge in [-0.05, 0) is 67.9 Å². The standard InChI is InChI=1S/C27H30Cl2O3/c1-5-15-6-7-16(18-9-8-17(28)13-20(18)29)12-19(15)21-24(30)22-23(25(21)31)27(4)14(2)10-11-26(22,3)32-27/h6-9,12-14,21-24,30H,5,10-11H2,1-4H3. The molecule has 2 bridgehead atoms. The Hall–Kier alpha value is -1.39. The van der Waals surface area contributed by atoms with Gasteiger partial charge in [0, 0.05) is 21.5 Å². The number of Topliss-reactive ketones (excluding diaryl/α,β-unsaturated/α-hetero) is 1. The first-order valence-corrected chi connectivity index (χ1v) is 12.4. The van der Waals surface area contributed by atoms with E-state index in [1.165, 1.54) is 0 Å². The Morgan fingerprint density at radius 1 is 1.16 bits per heavy atom. The molecule has 2 aliphatic heterocycles. The van der Waals surface area contributed by atoms with Crippen LogP contribution in [0.3, 0.4) is 0 Å². The number of carbonyl (C=O) groups is 1. The highest BCUT2D eigenvalue weighted by Crippen LogP contribution is 2.63. The third-order valence-electron chi connectivity index (χ3n) is 8.61. The number of benzene rings is 2. The summed E-state index contributed by atoms with van der Waals surface area (Å²) in [4.78, 5) is 14.0. The number of ether oxygens (including phenoxy) is 1. The number of halogens is 2. The van der Waals surface area contributed by atoms with Crippen LogP contribution in [0.1, 0.15) is 57.6 Å². The summed E-state index contributed by atoms with van der Waals surface area (Å²) in [6.07, 6.45) is 1.93. The van der Waals surface area contributed by atoms with Crippen LogP contribution in [0.5, 0.6) is 0 Å². The van der Waals surface area contributed by atoms with Gasteiger partial charge in [-0.2, -0.15) is 0 Å². The second-order valence-electron chi connectivity index (χ2n) is 10.3. The van der Waals surface area contributed by atoms with Crippen molar-refractivity contribution in [3.63, 3.8) is 0 Å². The minimum absolute atomic E-state index is 0.122. The van der Waals surface area contributed by atoms with Crippen molar-refractivity contribution in [2.45, 2.75) is 70.2 Å². The van der Waals surface area contributed by atoms with E-state index in [0.29, 0.717) is 10.0 Å². The average molecular weight is 473 g/mol. The Kier molecular flexibility index (Phi) is 5.30. The number of aliphatic hydroxyl groups excluding tert-OH is 1. The van der Waals surface area contributed by atoms with Crippen molar-refractivity contribution < 1.29 is 14.6 Å². The van der Waals surface area contributed by atoms with Crippen LogP contribution in [0.4, 0.5) is 0 Å². The van der Waals surface area contributed by atoms with Gasteiger partial charge in [-0.15, -0.1) is 0 Å². The van der Waals surface area contributed by atoms with Crippen molar-refractivity contribution in [2.24, 2.45) is 17.8 Å². The topological polar surface area (TPSA) is 46.5 Å². The summed E-state index contributed by atoms with van der Waals surface area (Å²) in [7, 11) is 0. The molecule has 2 saturated heterocycles. The van der Waals surface area contributed by atoms with Crippen LogP contribution < -0.4 is 0 Å². The molecule has 2 aromatic carbocycles. The molecule has 0 amide bonds. The van der Waals surface area contributed by atoms with Crippen molar-refractivity contribution >= 4 is 29.0 Å². The third kappa shape index (κ3) is 3.05. The van der Waals surface area contributed by atoms with Crippen molar-refractivity contribution in [3.05, 3.63) is 57.6 Å². The summed E-state index contributed by atoms with van der Waals surface area (Å²) in [6, 6.07) is 11.6. The summed E-state index contributed by atoms with van der Waals surface area (Å²) in [5.41, 5.74) is 2.82. The summed E-state index contributed by atoms with van der Waals surface area (Å²) in [5.74, 6) is -0.597. The van der Waals surface area contributed by atoms with Gasteiger partial charge >= 0.3 is 0 Å². The van der Waals surface area contributed by atoms with Crippen molar-refractivity contribution in [3.8, 4) is 11.1 Å². The summed E-state index contributed by atoms with van der Waals surface area (Å²) < 4.78 is 6.54. The molecule has 7 unspecified atom stereocenters. The monoisotopic (exact) mass is 472 g/mol. The second kappa shape index (κ2) is 7.56. The molecule has 1 saturated carbocycles. The van der Waals surface area contributed by atoms with Gasteiger partial charge in [-0.1, -0.05) is 61.3 Å². The zero-order valence-corrected chi connectivity index (χ0v) is 20.5. The molecule has 32 heavy (non-hydrogen) atoms. The second-order valence-corrected chi connectivity index (χ2v) is 11.1. The summed E-state index contributed by atoms with van der Waals surface area (Å²) in [6.45, 7) is 8.43. The lowest BCUT2D eigenvalue weighted by molar-refractivity contribution is -0.174. The molecule has 5 heteroatoms. The predicted octanol–water partition coefficient (Wildman–Crippen LogP) is 6.46. The first-order chi connectivity index (χ1) is 15.1. The van der Waals surface area contributed by atoms with Crippen LogP contribution >= 0.6 is 23.2 Å². The van der Waals surface area contributed by atoms with Gasteiger partial charge < -0.3 is 9.84 Å². The van der Waals surface area contributed by atoms with Crippen LogP contribution in [0, 0.1) is 17.8 Å². The fraction of sp³-hybridized carbons (Fsp3) is 0.519. The fourth-order valence-electron chi connectivity index (χ4n) is 6.78. The molecule has 0 radical (unpaired) electrons. The lowest BCUT2D eigenvalue weighted by Gasteiger charge is -2.44. The lowest BCUT2D eigenvalue weighted by Crippen LogP contribution is -2.48.